The Balaban J connectivity index is 1.81. The monoisotopic (exact) mass is 356 g/mol. The molecule has 8 heteroatoms. The smallest absolute Gasteiger partial charge is 0.406 e. The summed E-state index contributed by atoms with van der Waals surface area (Å²) in [4.78, 5) is 27.3. The number of methoxy groups -OCH3 is 1. The van der Waals surface area contributed by atoms with Gasteiger partial charge in [-0.3, -0.25) is 4.79 Å². The molecule has 3 N–H and O–H groups in total. The fraction of sp³-hybridized carbons (Fsp3) is 0.462. The Morgan fingerprint density at radius 2 is 2.33 bits per heavy atom. The normalized spacial score (nSPS) is 20.9. The number of anilines is 1. The van der Waals surface area contributed by atoms with Gasteiger partial charge in [0.15, 0.2) is 0 Å². The van der Waals surface area contributed by atoms with Crippen LogP contribution in [0, 0.1) is 5.92 Å². The van der Waals surface area contributed by atoms with Gasteiger partial charge in [-0.15, -0.1) is 0 Å². The second-order valence-corrected chi connectivity index (χ2v) is 5.58. The van der Waals surface area contributed by atoms with Gasteiger partial charge in [0.2, 0.25) is 5.91 Å². The number of nitrogens with one attached hydrogen (secondary N) is 3. The van der Waals surface area contributed by atoms with Crippen LogP contribution in [0.1, 0.15) is 6.42 Å². The maximum atomic E-state index is 12.1. The van der Waals surface area contributed by atoms with Gasteiger partial charge in [0.05, 0.1) is 13.2 Å². The summed E-state index contributed by atoms with van der Waals surface area (Å²) in [5.74, 6) is 0.587. The van der Waals surface area contributed by atoms with Crippen LogP contribution in [0.5, 0.6) is 0 Å². The van der Waals surface area contributed by atoms with E-state index in [0.717, 1.165) is 0 Å². The second-order valence-electron chi connectivity index (χ2n) is 4.77. The van der Waals surface area contributed by atoms with Crippen molar-refractivity contribution in [2.24, 2.45) is 5.92 Å². The van der Waals surface area contributed by atoms with Crippen molar-refractivity contribution in [2.45, 2.75) is 12.5 Å². The van der Waals surface area contributed by atoms with Crippen molar-refractivity contribution in [1.82, 2.24) is 15.6 Å². The lowest BCUT2D eigenvalue weighted by Gasteiger charge is -2.11. The number of nitrogens with zero attached hydrogens (tertiary/aromatic N) is 1. The highest BCUT2D eigenvalue weighted by Gasteiger charge is 2.29. The minimum atomic E-state index is -0.457. The predicted molar refractivity (Wildman–Crippen MR) is 80.9 cm³/mol. The molecule has 0 aromatic carbocycles. The van der Waals surface area contributed by atoms with Crippen molar-refractivity contribution in [3.8, 4) is 0 Å². The van der Waals surface area contributed by atoms with Gasteiger partial charge in [-0.25, -0.2) is 9.78 Å². The third kappa shape index (κ3) is 4.68. The first-order valence-corrected chi connectivity index (χ1v) is 7.36. The third-order valence-electron chi connectivity index (χ3n) is 3.23. The molecule has 114 valence electrons. The van der Waals surface area contributed by atoms with Crippen molar-refractivity contribution < 1.29 is 14.3 Å². The van der Waals surface area contributed by atoms with Gasteiger partial charge in [-0.2, -0.15) is 0 Å². The number of hydrogen-bond acceptors (Lipinski definition) is 5. The molecule has 7 nitrogen and oxygen atoms in total. The van der Waals surface area contributed by atoms with Crippen molar-refractivity contribution in [2.75, 3.05) is 25.5 Å². The summed E-state index contributed by atoms with van der Waals surface area (Å²) in [6.07, 6.45) is 0.199. The number of ether oxygens (including phenoxy) is 1. The van der Waals surface area contributed by atoms with Crippen molar-refractivity contribution in [3.05, 3.63) is 22.8 Å². The Labute approximate surface area is 131 Å². The fourth-order valence-corrected chi connectivity index (χ4v) is 2.50. The largest absolute Gasteiger partial charge is 0.453 e. The van der Waals surface area contributed by atoms with E-state index in [-0.39, 0.29) is 17.9 Å². The average molecular weight is 357 g/mol. The second kappa shape index (κ2) is 7.37. The molecule has 1 saturated heterocycles. The number of aromatic nitrogens is 1. The molecule has 2 amide bonds. The molecule has 0 saturated carbocycles. The van der Waals surface area contributed by atoms with E-state index in [0.29, 0.717) is 29.9 Å². The SMILES string of the molecule is COC(=O)NC[C@@H]1CN[C@H](C(=O)Nc2cccc(Br)n2)C1. The first-order valence-electron chi connectivity index (χ1n) is 6.57. The number of pyridine rings is 1. The van der Waals surface area contributed by atoms with Crippen LogP contribution in [-0.4, -0.2) is 43.2 Å². The van der Waals surface area contributed by atoms with E-state index in [1.165, 1.54) is 7.11 Å². The van der Waals surface area contributed by atoms with Gasteiger partial charge in [-0.1, -0.05) is 6.07 Å². The van der Waals surface area contributed by atoms with Gasteiger partial charge >= 0.3 is 6.09 Å². The van der Waals surface area contributed by atoms with E-state index < -0.39 is 6.09 Å². The van der Waals surface area contributed by atoms with Crippen LogP contribution in [0.2, 0.25) is 0 Å². The van der Waals surface area contributed by atoms with Gasteiger partial charge in [0.25, 0.3) is 0 Å². The Morgan fingerprint density at radius 1 is 1.52 bits per heavy atom. The number of carbonyl (C=O) groups is 2. The minimum absolute atomic E-state index is 0.124. The van der Waals surface area contributed by atoms with Crippen LogP contribution in [0.25, 0.3) is 0 Å². The Hall–Kier alpha value is -1.67. The van der Waals surface area contributed by atoms with Crippen LogP contribution in [0.15, 0.2) is 22.8 Å². The summed E-state index contributed by atoms with van der Waals surface area (Å²) >= 11 is 3.26. The van der Waals surface area contributed by atoms with Gasteiger partial charge in [0.1, 0.15) is 10.4 Å². The number of hydrogen-bond donors (Lipinski definition) is 3. The average Bonchev–Trinajstić information content (AvgIpc) is 2.93. The molecule has 0 spiro atoms. The summed E-state index contributed by atoms with van der Waals surface area (Å²) in [5, 5.41) is 8.55. The molecule has 1 aliphatic heterocycles. The van der Waals surface area contributed by atoms with Crippen LogP contribution in [0.4, 0.5) is 10.6 Å². The van der Waals surface area contributed by atoms with E-state index in [4.69, 9.17) is 0 Å². The molecule has 0 unspecified atom stereocenters. The number of amides is 2. The molecular formula is C13H17BrN4O3. The van der Waals surface area contributed by atoms with E-state index >= 15 is 0 Å². The zero-order chi connectivity index (χ0) is 15.2. The van der Waals surface area contributed by atoms with Gasteiger partial charge in [-0.05, 0) is 40.4 Å². The third-order valence-corrected chi connectivity index (χ3v) is 3.67. The molecule has 0 aliphatic carbocycles. The lowest BCUT2D eigenvalue weighted by atomic mass is 10.1. The predicted octanol–water partition coefficient (Wildman–Crippen LogP) is 1.12. The molecule has 2 heterocycles. The van der Waals surface area contributed by atoms with Crippen LogP contribution >= 0.6 is 15.9 Å². The molecule has 0 radical (unpaired) electrons. The lowest BCUT2D eigenvalue weighted by molar-refractivity contribution is -0.117. The summed E-state index contributed by atoms with van der Waals surface area (Å²) in [5.41, 5.74) is 0. The van der Waals surface area contributed by atoms with E-state index in [1.807, 2.05) is 0 Å². The molecule has 0 bridgehead atoms. The van der Waals surface area contributed by atoms with Crippen LogP contribution < -0.4 is 16.0 Å². The highest BCUT2D eigenvalue weighted by Crippen LogP contribution is 2.16. The molecule has 2 atom stereocenters. The topological polar surface area (TPSA) is 92.4 Å². The minimum Gasteiger partial charge on any atom is -0.453 e. The standard InChI is InChI=1S/C13H17BrN4O3/c1-21-13(20)16-7-8-5-9(15-6-8)12(19)18-11-4-2-3-10(14)17-11/h2-4,8-9,15H,5-7H2,1H3,(H,16,20)(H,17,18,19)/t8-,9-/m0/s1. The molecular weight excluding hydrogens is 340 g/mol. The van der Waals surface area contributed by atoms with E-state index in [2.05, 4.69) is 41.6 Å². The first-order chi connectivity index (χ1) is 10.1. The van der Waals surface area contributed by atoms with Crippen molar-refractivity contribution >= 4 is 33.7 Å². The molecule has 1 aromatic rings. The Morgan fingerprint density at radius 3 is 3.05 bits per heavy atom. The van der Waals surface area contributed by atoms with Gasteiger partial charge < -0.3 is 20.7 Å². The highest BCUT2D eigenvalue weighted by atomic mass is 79.9. The summed E-state index contributed by atoms with van der Waals surface area (Å²) in [6.45, 7) is 1.16. The lowest BCUT2D eigenvalue weighted by Crippen LogP contribution is -2.35. The van der Waals surface area contributed by atoms with E-state index in [1.54, 1.807) is 18.2 Å². The number of alkyl carbamates (subject to hydrolysis) is 1. The highest BCUT2D eigenvalue weighted by molar-refractivity contribution is 9.10. The molecule has 21 heavy (non-hydrogen) atoms. The molecule has 2 rings (SSSR count). The molecule has 1 aromatic heterocycles. The zero-order valence-corrected chi connectivity index (χ0v) is 13.1. The molecule has 1 fully saturated rings. The van der Waals surface area contributed by atoms with Gasteiger partial charge in [0, 0.05) is 13.1 Å². The fourth-order valence-electron chi connectivity index (χ4n) is 2.16. The van der Waals surface area contributed by atoms with Crippen molar-refractivity contribution in [3.63, 3.8) is 0 Å². The summed E-state index contributed by atoms with van der Waals surface area (Å²) in [7, 11) is 1.32. The maximum absolute atomic E-state index is 12.1. The number of carbonyl (C=O) groups excluding carboxylic acids is 2. The zero-order valence-electron chi connectivity index (χ0n) is 11.6. The van der Waals surface area contributed by atoms with Crippen LogP contribution in [0.3, 0.4) is 0 Å². The van der Waals surface area contributed by atoms with Crippen molar-refractivity contribution in [1.29, 1.82) is 0 Å². The van der Waals surface area contributed by atoms with E-state index in [9.17, 15) is 9.59 Å². The number of halogens is 1. The summed E-state index contributed by atoms with van der Waals surface area (Å²) in [6, 6.07) is 5.04. The maximum Gasteiger partial charge on any atom is 0.406 e. The van der Waals surface area contributed by atoms with Crippen LogP contribution in [-0.2, 0) is 9.53 Å². The Bertz CT molecular complexity index is 526. The quantitative estimate of drug-likeness (QED) is 0.703. The molecule has 1 aliphatic rings. The first kappa shape index (κ1) is 15.7. The Kier molecular flexibility index (Phi) is 5.51. The summed E-state index contributed by atoms with van der Waals surface area (Å²) < 4.78 is 5.18. The number of rotatable bonds is 4.